The number of benzene rings is 1. The lowest BCUT2D eigenvalue weighted by Crippen LogP contribution is -1.94. The van der Waals surface area contributed by atoms with E-state index in [9.17, 15) is 5.11 Å². The first-order chi connectivity index (χ1) is 8.54. The van der Waals surface area contributed by atoms with E-state index in [1.165, 1.54) is 12.3 Å². The number of pyridine rings is 1. The third-order valence-corrected chi connectivity index (χ3v) is 3.73. The van der Waals surface area contributed by atoms with Crippen molar-refractivity contribution in [2.24, 2.45) is 0 Å². The maximum absolute atomic E-state index is 9.34. The van der Waals surface area contributed by atoms with Crippen LogP contribution in [0.1, 0.15) is 5.56 Å². The highest BCUT2D eigenvalue weighted by Gasteiger charge is 2.16. The molecule has 1 N–H and O–H groups in total. The van der Waals surface area contributed by atoms with Gasteiger partial charge in [0, 0.05) is 22.3 Å². The lowest BCUT2D eigenvalue weighted by Gasteiger charge is -2.12. The molecule has 0 aliphatic carbocycles. The Labute approximate surface area is 124 Å². The van der Waals surface area contributed by atoms with Gasteiger partial charge in [-0.3, -0.25) is 0 Å². The molecule has 0 amide bonds. The summed E-state index contributed by atoms with van der Waals surface area (Å²) in [5.41, 5.74) is 1.70. The van der Waals surface area contributed by atoms with Gasteiger partial charge in [-0.25, -0.2) is 4.98 Å². The molecule has 0 saturated heterocycles. The predicted molar refractivity (Wildman–Crippen MR) is 75.6 cm³/mol. The average Bonchev–Trinajstić information content (AvgIpc) is 2.33. The van der Waals surface area contributed by atoms with Gasteiger partial charge in [-0.05, 0) is 23.8 Å². The minimum absolute atomic E-state index is 0.183. The maximum Gasteiger partial charge on any atom is 0.137 e. The molecule has 2 aromatic rings. The monoisotopic (exact) mass is 321 g/mol. The molecular weight excluding hydrogens is 316 g/mol. The van der Waals surface area contributed by atoms with Crippen LogP contribution in [0.2, 0.25) is 20.2 Å². The standard InChI is InChI=1S/C12H7Cl4NO/c13-7-3-8(11(15)9(14)4-7)10-6(5-18)1-2-17-12(10)16/h1-4,18H,5H2. The number of hydrogen-bond donors (Lipinski definition) is 1. The van der Waals surface area contributed by atoms with Crippen LogP contribution in [0.4, 0.5) is 0 Å². The summed E-state index contributed by atoms with van der Waals surface area (Å²) in [6.45, 7) is -0.183. The fourth-order valence-electron chi connectivity index (χ4n) is 1.63. The Hall–Kier alpha value is -0.510. The summed E-state index contributed by atoms with van der Waals surface area (Å²) in [5.74, 6) is 0. The lowest BCUT2D eigenvalue weighted by atomic mass is 10.0. The molecule has 0 unspecified atom stereocenters. The summed E-state index contributed by atoms with van der Waals surface area (Å²) in [6, 6.07) is 4.84. The van der Waals surface area contributed by atoms with Gasteiger partial charge in [0.1, 0.15) is 5.15 Å². The minimum atomic E-state index is -0.183. The summed E-state index contributed by atoms with van der Waals surface area (Å²) in [5, 5.41) is 10.7. The lowest BCUT2D eigenvalue weighted by molar-refractivity contribution is 0.282. The van der Waals surface area contributed by atoms with Crippen LogP contribution in [-0.2, 0) is 6.61 Å². The van der Waals surface area contributed by atoms with E-state index in [4.69, 9.17) is 46.4 Å². The van der Waals surface area contributed by atoms with Crippen molar-refractivity contribution >= 4 is 46.4 Å². The van der Waals surface area contributed by atoms with Gasteiger partial charge < -0.3 is 5.11 Å². The summed E-state index contributed by atoms with van der Waals surface area (Å²) >= 11 is 24.1. The highest BCUT2D eigenvalue weighted by atomic mass is 35.5. The van der Waals surface area contributed by atoms with E-state index in [1.54, 1.807) is 12.1 Å². The van der Waals surface area contributed by atoms with Crippen molar-refractivity contribution in [2.75, 3.05) is 0 Å². The normalized spacial score (nSPS) is 10.7. The quantitative estimate of drug-likeness (QED) is 0.633. The summed E-state index contributed by atoms with van der Waals surface area (Å²) in [6.07, 6.45) is 1.51. The molecule has 0 spiro atoms. The van der Waals surface area contributed by atoms with E-state index in [0.29, 0.717) is 31.8 Å². The van der Waals surface area contributed by atoms with Crippen molar-refractivity contribution in [2.45, 2.75) is 6.61 Å². The number of aromatic nitrogens is 1. The topological polar surface area (TPSA) is 33.1 Å². The second kappa shape index (κ2) is 5.64. The second-order valence-corrected chi connectivity index (χ2v) is 5.12. The zero-order valence-corrected chi connectivity index (χ0v) is 11.9. The average molecular weight is 323 g/mol. The molecule has 2 rings (SSSR count). The largest absolute Gasteiger partial charge is 0.392 e. The van der Waals surface area contributed by atoms with Crippen LogP contribution in [-0.4, -0.2) is 10.1 Å². The van der Waals surface area contributed by atoms with Crippen molar-refractivity contribution in [1.29, 1.82) is 0 Å². The fourth-order valence-corrected chi connectivity index (χ4v) is 2.60. The summed E-state index contributed by atoms with van der Waals surface area (Å²) < 4.78 is 0. The maximum atomic E-state index is 9.34. The summed E-state index contributed by atoms with van der Waals surface area (Å²) in [7, 11) is 0. The second-order valence-electron chi connectivity index (χ2n) is 3.54. The Morgan fingerprint density at radius 2 is 1.83 bits per heavy atom. The van der Waals surface area contributed by atoms with Crippen LogP contribution in [0, 0.1) is 0 Å². The zero-order chi connectivity index (χ0) is 13.3. The Morgan fingerprint density at radius 3 is 2.50 bits per heavy atom. The number of nitrogens with zero attached hydrogens (tertiary/aromatic N) is 1. The third-order valence-electron chi connectivity index (χ3n) is 2.42. The van der Waals surface area contributed by atoms with Crippen LogP contribution < -0.4 is 0 Å². The van der Waals surface area contributed by atoms with Crippen molar-refractivity contribution in [3.63, 3.8) is 0 Å². The highest BCUT2D eigenvalue weighted by molar-refractivity contribution is 6.45. The first-order valence-electron chi connectivity index (χ1n) is 4.93. The highest BCUT2D eigenvalue weighted by Crippen LogP contribution is 2.40. The molecule has 94 valence electrons. The molecule has 1 aromatic heterocycles. The van der Waals surface area contributed by atoms with E-state index < -0.39 is 0 Å². The molecule has 1 aromatic carbocycles. The Balaban J connectivity index is 2.76. The van der Waals surface area contributed by atoms with Crippen LogP contribution in [0.3, 0.4) is 0 Å². The van der Waals surface area contributed by atoms with E-state index >= 15 is 0 Å². The van der Waals surface area contributed by atoms with E-state index in [0.717, 1.165) is 0 Å². The van der Waals surface area contributed by atoms with Gasteiger partial charge in [-0.2, -0.15) is 0 Å². The van der Waals surface area contributed by atoms with E-state index in [1.807, 2.05) is 0 Å². The molecule has 18 heavy (non-hydrogen) atoms. The smallest absolute Gasteiger partial charge is 0.137 e. The number of halogens is 4. The first kappa shape index (κ1) is 13.9. The Bertz CT molecular complexity index is 601. The number of aliphatic hydroxyl groups excluding tert-OH is 1. The molecule has 0 saturated carbocycles. The SMILES string of the molecule is OCc1ccnc(Cl)c1-c1cc(Cl)cc(Cl)c1Cl. The molecule has 0 atom stereocenters. The minimum Gasteiger partial charge on any atom is -0.392 e. The molecule has 0 aliphatic rings. The van der Waals surface area contributed by atoms with Gasteiger partial charge in [0.05, 0.1) is 16.7 Å². The van der Waals surface area contributed by atoms with Gasteiger partial charge in [-0.15, -0.1) is 0 Å². The zero-order valence-electron chi connectivity index (χ0n) is 8.92. The van der Waals surface area contributed by atoms with Crippen LogP contribution in [0.15, 0.2) is 24.4 Å². The molecule has 0 fully saturated rings. The molecule has 6 heteroatoms. The predicted octanol–water partition coefficient (Wildman–Crippen LogP) is 4.85. The number of rotatable bonds is 2. The molecular formula is C12H7Cl4NO. The molecule has 0 radical (unpaired) electrons. The van der Waals surface area contributed by atoms with Gasteiger partial charge >= 0.3 is 0 Å². The molecule has 2 nitrogen and oxygen atoms in total. The third kappa shape index (κ3) is 2.58. The Kier molecular flexibility index (Phi) is 4.36. The fraction of sp³-hybridized carbons (Fsp3) is 0.0833. The van der Waals surface area contributed by atoms with Crippen molar-refractivity contribution in [1.82, 2.24) is 4.98 Å². The number of hydrogen-bond acceptors (Lipinski definition) is 2. The molecule has 1 heterocycles. The molecule has 0 aliphatic heterocycles. The van der Waals surface area contributed by atoms with Crippen molar-refractivity contribution in [3.05, 3.63) is 50.2 Å². The van der Waals surface area contributed by atoms with Crippen molar-refractivity contribution in [3.8, 4) is 11.1 Å². The van der Waals surface area contributed by atoms with Gasteiger partial charge in [0.15, 0.2) is 0 Å². The van der Waals surface area contributed by atoms with Crippen LogP contribution in [0.5, 0.6) is 0 Å². The Morgan fingerprint density at radius 1 is 1.11 bits per heavy atom. The van der Waals surface area contributed by atoms with Crippen LogP contribution in [0.25, 0.3) is 11.1 Å². The van der Waals surface area contributed by atoms with E-state index in [-0.39, 0.29) is 11.8 Å². The van der Waals surface area contributed by atoms with E-state index in [2.05, 4.69) is 4.98 Å². The molecule has 0 bridgehead atoms. The van der Waals surface area contributed by atoms with Crippen molar-refractivity contribution < 1.29 is 5.11 Å². The van der Waals surface area contributed by atoms with Gasteiger partial charge in [0.2, 0.25) is 0 Å². The summed E-state index contributed by atoms with van der Waals surface area (Å²) in [4.78, 5) is 3.97. The van der Waals surface area contributed by atoms with Crippen LogP contribution >= 0.6 is 46.4 Å². The van der Waals surface area contributed by atoms with Gasteiger partial charge in [0.25, 0.3) is 0 Å². The first-order valence-corrected chi connectivity index (χ1v) is 6.45. The van der Waals surface area contributed by atoms with Gasteiger partial charge in [-0.1, -0.05) is 46.4 Å². The number of aliphatic hydroxyl groups is 1.